The lowest BCUT2D eigenvalue weighted by atomic mass is 10.1. The molecule has 0 aliphatic rings. The Morgan fingerprint density at radius 1 is 1.29 bits per heavy atom. The fourth-order valence-electron chi connectivity index (χ4n) is 1.99. The maximum Gasteiger partial charge on any atom is 0.256 e. The molecule has 0 aliphatic heterocycles. The van der Waals surface area contributed by atoms with E-state index in [0.29, 0.717) is 5.39 Å². The standard InChI is InChI=1S/C14H17NO2/c1-3-4-6-10-9-12-11(14(16)15-10)7-5-8-13(12)17-2/h5,7-9H,3-4,6H2,1-2H3,(H,15,16). The lowest BCUT2D eigenvalue weighted by Crippen LogP contribution is -2.09. The second kappa shape index (κ2) is 5.04. The van der Waals surface area contributed by atoms with Gasteiger partial charge in [0.05, 0.1) is 12.5 Å². The van der Waals surface area contributed by atoms with Crippen LogP contribution in [0.1, 0.15) is 25.5 Å². The topological polar surface area (TPSA) is 42.1 Å². The molecule has 1 aromatic heterocycles. The zero-order valence-corrected chi connectivity index (χ0v) is 10.2. The molecule has 1 aromatic carbocycles. The van der Waals surface area contributed by atoms with Crippen LogP contribution < -0.4 is 10.3 Å². The molecule has 0 unspecified atom stereocenters. The molecule has 0 saturated heterocycles. The molecule has 0 fully saturated rings. The number of aromatic amines is 1. The summed E-state index contributed by atoms with van der Waals surface area (Å²) in [6, 6.07) is 7.55. The molecule has 0 aliphatic carbocycles. The Balaban J connectivity index is 2.57. The van der Waals surface area contributed by atoms with Crippen molar-refractivity contribution in [2.45, 2.75) is 26.2 Å². The van der Waals surface area contributed by atoms with Gasteiger partial charge in [-0.05, 0) is 31.0 Å². The van der Waals surface area contributed by atoms with E-state index in [9.17, 15) is 4.79 Å². The third kappa shape index (κ3) is 2.33. The number of benzene rings is 1. The molecule has 90 valence electrons. The van der Waals surface area contributed by atoms with Crippen LogP contribution in [0.3, 0.4) is 0 Å². The molecule has 0 bridgehead atoms. The first-order valence-electron chi connectivity index (χ1n) is 5.95. The van der Waals surface area contributed by atoms with Crippen LogP contribution in [-0.4, -0.2) is 12.1 Å². The molecule has 3 nitrogen and oxygen atoms in total. The molecule has 0 spiro atoms. The van der Waals surface area contributed by atoms with E-state index in [2.05, 4.69) is 11.9 Å². The second-order valence-electron chi connectivity index (χ2n) is 4.15. The van der Waals surface area contributed by atoms with Crippen LogP contribution in [0.25, 0.3) is 10.8 Å². The van der Waals surface area contributed by atoms with Crippen molar-refractivity contribution < 1.29 is 4.74 Å². The third-order valence-electron chi connectivity index (χ3n) is 2.92. The predicted octanol–water partition coefficient (Wildman–Crippen LogP) is 2.88. The van der Waals surface area contributed by atoms with Crippen molar-refractivity contribution >= 4 is 10.8 Å². The number of pyridine rings is 1. The van der Waals surface area contributed by atoms with Crippen LogP contribution in [-0.2, 0) is 6.42 Å². The molecule has 1 heterocycles. The van der Waals surface area contributed by atoms with E-state index < -0.39 is 0 Å². The molecule has 2 rings (SSSR count). The van der Waals surface area contributed by atoms with Crippen molar-refractivity contribution in [3.05, 3.63) is 40.3 Å². The number of unbranched alkanes of at least 4 members (excludes halogenated alkanes) is 1. The number of aryl methyl sites for hydroxylation is 1. The molecule has 17 heavy (non-hydrogen) atoms. The summed E-state index contributed by atoms with van der Waals surface area (Å²) in [5.74, 6) is 0.756. The second-order valence-corrected chi connectivity index (χ2v) is 4.15. The van der Waals surface area contributed by atoms with Crippen molar-refractivity contribution in [1.82, 2.24) is 4.98 Å². The highest BCUT2D eigenvalue weighted by molar-refractivity contribution is 5.87. The Morgan fingerprint density at radius 2 is 2.12 bits per heavy atom. The molecule has 0 amide bonds. The number of H-pyrrole nitrogens is 1. The fourth-order valence-corrected chi connectivity index (χ4v) is 1.99. The Labute approximate surface area is 100 Å². The van der Waals surface area contributed by atoms with Gasteiger partial charge in [-0.1, -0.05) is 19.4 Å². The molecular formula is C14H17NO2. The molecule has 0 radical (unpaired) electrons. The quantitative estimate of drug-likeness (QED) is 0.879. The van der Waals surface area contributed by atoms with Gasteiger partial charge in [0.25, 0.3) is 5.56 Å². The van der Waals surface area contributed by atoms with E-state index >= 15 is 0 Å². The van der Waals surface area contributed by atoms with Crippen LogP contribution in [0, 0.1) is 0 Å². The summed E-state index contributed by atoms with van der Waals surface area (Å²) < 4.78 is 5.29. The van der Waals surface area contributed by atoms with Crippen molar-refractivity contribution in [1.29, 1.82) is 0 Å². The predicted molar refractivity (Wildman–Crippen MR) is 69.7 cm³/mol. The molecule has 0 saturated carbocycles. The highest BCUT2D eigenvalue weighted by Crippen LogP contribution is 2.23. The first-order chi connectivity index (χ1) is 8.26. The zero-order valence-electron chi connectivity index (χ0n) is 10.2. The van der Waals surface area contributed by atoms with Crippen LogP contribution in [0.5, 0.6) is 5.75 Å². The third-order valence-corrected chi connectivity index (χ3v) is 2.92. The summed E-state index contributed by atoms with van der Waals surface area (Å²) >= 11 is 0. The highest BCUT2D eigenvalue weighted by Gasteiger charge is 2.06. The maximum absolute atomic E-state index is 11.9. The van der Waals surface area contributed by atoms with E-state index in [1.165, 1.54) is 0 Å². The number of aromatic nitrogens is 1. The minimum absolute atomic E-state index is 0.0347. The van der Waals surface area contributed by atoms with Gasteiger partial charge in [-0.3, -0.25) is 4.79 Å². The monoisotopic (exact) mass is 231 g/mol. The van der Waals surface area contributed by atoms with Crippen LogP contribution in [0.15, 0.2) is 29.1 Å². The number of rotatable bonds is 4. The minimum atomic E-state index is -0.0347. The Bertz CT molecular complexity index is 572. The number of fused-ring (bicyclic) bond motifs is 1. The molecule has 0 atom stereocenters. The fraction of sp³-hybridized carbons (Fsp3) is 0.357. The van der Waals surface area contributed by atoms with E-state index in [-0.39, 0.29) is 5.56 Å². The number of hydrogen-bond acceptors (Lipinski definition) is 2. The largest absolute Gasteiger partial charge is 0.496 e. The summed E-state index contributed by atoms with van der Waals surface area (Å²) in [5, 5.41) is 1.58. The van der Waals surface area contributed by atoms with E-state index in [1.807, 2.05) is 24.3 Å². The molecule has 3 heteroatoms. The van der Waals surface area contributed by atoms with Crippen molar-refractivity contribution in [3.8, 4) is 5.75 Å². The first-order valence-corrected chi connectivity index (χ1v) is 5.95. The minimum Gasteiger partial charge on any atom is -0.496 e. The summed E-state index contributed by atoms with van der Waals surface area (Å²) in [6.45, 7) is 2.14. The first kappa shape index (κ1) is 11.7. The maximum atomic E-state index is 11.9. The van der Waals surface area contributed by atoms with Gasteiger partial charge in [0.15, 0.2) is 0 Å². The van der Waals surface area contributed by atoms with Crippen LogP contribution >= 0.6 is 0 Å². The van der Waals surface area contributed by atoms with Gasteiger partial charge in [0.1, 0.15) is 5.75 Å². The lowest BCUT2D eigenvalue weighted by molar-refractivity contribution is 0.419. The number of methoxy groups -OCH3 is 1. The molecule has 2 aromatic rings. The van der Waals surface area contributed by atoms with Gasteiger partial charge in [-0.15, -0.1) is 0 Å². The summed E-state index contributed by atoms with van der Waals surface area (Å²) in [7, 11) is 1.63. The van der Waals surface area contributed by atoms with Gasteiger partial charge in [-0.2, -0.15) is 0 Å². The van der Waals surface area contributed by atoms with Crippen molar-refractivity contribution in [3.63, 3.8) is 0 Å². The summed E-state index contributed by atoms with van der Waals surface area (Å²) in [5.41, 5.74) is 0.946. The van der Waals surface area contributed by atoms with Gasteiger partial charge in [-0.25, -0.2) is 0 Å². The van der Waals surface area contributed by atoms with Crippen LogP contribution in [0.2, 0.25) is 0 Å². The normalized spacial score (nSPS) is 10.7. The number of ether oxygens (including phenoxy) is 1. The smallest absolute Gasteiger partial charge is 0.256 e. The average molecular weight is 231 g/mol. The molecular weight excluding hydrogens is 214 g/mol. The number of hydrogen-bond donors (Lipinski definition) is 1. The summed E-state index contributed by atoms with van der Waals surface area (Å²) in [6.07, 6.45) is 3.10. The van der Waals surface area contributed by atoms with Gasteiger partial charge >= 0.3 is 0 Å². The van der Waals surface area contributed by atoms with Gasteiger partial charge < -0.3 is 9.72 Å². The van der Waals surface area contributed by atoms with Crippen molar-refractivity contribution in [2.24, 2.45) is 0 Å². The Morgan fingerprint density at radius 3 is 2.82 bits per heavy atom. The average Bonchev–Trinajstić information content (AvgIpc) is 2.35. The van der Waals surface area contributed by atoms with Crippen LogP contribution in [0.4, 0.5) is 0 Å². The molecule has 1 N–H and O–H groups in total. The van der Waals surface area contributed by atoms with E-state index in [4.69, 9.17) is 4.74 Å². The van der Waals surface area contributed by atoms with Gasteiger partial charge in [0, 0.05) is 11.1 Å². The van der Waals surface area contributed by atoms with Gasteiger partial charge in [0.2, 0.25) is 0 Å². The Hall–Kier alpha value is -1.77. The lowest BCUT2D eigenvalue weighted by Gasteiger charge is -2.07. The van der Waals surface area contributed by atoms with Crippen molar-refractivity contribution in [2.75, 3.05) is 7.11 Å². The number of nitrogens with one attached hydrogen (secondary N) is 1. The van der Waals surface area contributed by atoms with E-state index in [0.717, 1.165) is 36.1 Å². The highest BCUT2D eigenvalue weighted by atomic mass is 16.5. The summed E-state index contributed by atoms with van der Waals surface area (Å²) in [4.78, 5) is 14.8. The SMILES string of the molecule is CCCCc1cc2c(OC)cccc2c(=O)[nH]1. The Kier molecular flexibility index (Phi) is 3.47. The zero-order chi connectivity index (χ0) is 12.3. The van der Waals surface area contributed by atoms with E-state index in [1.54, 1.807) is 7.11 Å².